The van der Waals surface area contributed by atoms with Crippen molar-refractivity contribution in [3.63, 3.8) is 0 Å². The van der Waals surface area contributed by atoms with Crippen LogP contribution in [0.2, 0.25) is 5.28 Å². The molecular weight excluding hydrogens is 310 g/mol. The van der Waals surface area contributed by atoms with Crippen molar-refractivity contribution in [1.29, 1.82) is 0 Å². The van der Waals surface area contributed by atoms with Crippen LogP contribution in [0.5, 0.6) is 0 Å². The van der Waals surface area contributed by atoms with E-state index in [1.165, 1.54) is 18.1 Å². The second-order valence-electron chi connectivity index (χ2n) is 3.10. The third kappa shape index (κ3) is 4.13. The van der Waals surface area contributed by atoms with E-state index >= 15 is 0 Å². The molecule has 0 radical (unpaired) electrons. The van der Waals surface area contributed by atoms with Gasteiger partial charge in [-0.15, -0.1) is 0 Å². The molecule has 8 heteroatoms. The Bertz CT molecular complexity index is 372. The van der Waals surface area contributed by atoms with Crippen LogP contribution in [0, 0.1) is 0 Å². The number of hydrogen-bond acceptors (Lipinski definition) is 3. The van der Waals surface area contributed by atoms with Gasteiger partial charge in [0.15, 0.2) is 0 Å². The molecule has 0 aliphatic rings. The molecule has 0 N–H and O–H groups in total. The molecular formula is C8H8BrClF3N3. The summed E-state index contributed by atoms with van der Waals surface area (Å²) in [6.07, 6.45) is -3.69. The van der Waals surface area contributed by atoms with Crippen LogP contribution in [0.1, 0.15) is 6.42 Å². The molecule has 0 aromatic carbocycles. The maximum Gasteiger partial charge on any atom is 0.390 e. The van der Waals surface area contributed by atoms with E-state index in [-0.39, 0.29) is 11.8 Å². The maximum absolute atomic E-state index is 12.0. The predicted octanol–water partition coefficient (Wildman–Crippen LogP) is 3.28. The highest BCUT2D eigenvalue weighted by Gasteiger charge is 2.27. The van der Waals surface area contributed by atoms with Crippen molar-refractivity contribution in [3.05, 3.63) is 16.0 Å². The van der Waals surface area contributed by atoms with Crippen LogP contribution in [0.25, 0.3) is 0 Å². The van der Waals surface area contributed by atoms with Crippen LogP contribution in [0.15, 0.2) is 10.7 Å². The van der Waals surface area contributed by atoms with E-state index in [4.69, 9.17) is 11.6 Å². The first kappa shape index (κ1) is 13.5. The van der Waals surface area contributed by atoms with Gasteiger partial charge in [-0.2, -0.15) is 18.2 Å². The molecule has 0 unspecified atom stereocenters. The van der Waals surface area contributed by atoms with Crippen LogP contribution >= 0.6 is 27.5 Å². The van der Waals surface area contributed by atoms with E-state index in [1.807, 2.05) is 0 Å². The number of halogens is 5. The van der Waals surface area contributed by atoms with Crippen LogP contribution in [0.4, 0.5) is 19.0 Å². The molecule has 0 saturated heterocycles. The monoisotopic (exact) mass is 317 g/mol. The van der Waals surface area contributed by atoms with Gasteiger partial charge in [-0.05, 0) is 27.5 Å². The molecule has 0 atom stereocenters. The fourth-order valence-corrected chi connectivity index (χ4v) is 1.63. The van der Waals surface area contributed by atoms with Crippen LogP contribution < -0.4 is 4.90 Å². The van der Waals surface area contributed by atoms with Crippen LogP contribution in [0.3, 0.4) is 0 Å². The fraction of sp³-hybridized carbons (Fsp3) is 0.500. The third-order valence-corrected chi connectivity index (χ3v) is 2.53. The number of anilines is 1. The first-order valence-electron chi connectivity index (χ1n) is 4.25. The average Bonchev–Trinajstić information content (AvgIpc) is 2.17. The number of hydrogen-bond donors (Lipinski definition) is 0. The van der Waals surface area contributed by atoms with Gasteiger partial charge in [0.1, 0.15) is 5.82 Å². The lowest BCUT2D eigenvalue weighted by atomic mass is 10.4. The van der Waals surface area contributed by atoms with Gasteiger partial charge >= 0.3 is 6.18 Å². The summed E-state index contributed by atoms with van der Waals surface area (Å²) in [6, 6.07) is 0. The summed E-state index contributed by atoms with van der Waals surface area (Å²) in [7, 11) is 1.51. The molecule has 16 heavy (non-hydrogen) atoms. The minimum absolute atomic E-state index is 0.00272. The lowest BCUT2D eigenvalue weighted by Crippen LogP contribution is -2.25. The van der Waals surface area contributed by atoms with E-state index in [0.717, 1.165) is 0 Å². The molecule has 0 aliphatic heterocycles. The summed E-state index contributed by atoms with van der Waals surface area (Å²) in [4.78, 5) is 8.89. The molecule has 1 rings (SSSR count). The number of alkyl halides is 3. The van der Waals surface area contributed by atoms with Gasteiger partial charge in [-0.3, -0.25) is 0 Å². The lowest BCUT2D eigenvalue weighted by Gasteiger charge is -2.19. The zero-order valence-corrected chi connectivity index (χ0v) is 10.6. The molecule has 1 aromatic heterocycles. The van der Waals surface area contributed by atoms with Crippen molar-refractivity contribution in [2.24, 2.45) is 0 Å². The summed E-state index contributed by atoms with van der Waals surface area (Å²) in [5.74, 6) is 0.337. The molecule has 90 valence electrons. The Morgan fingerprint density at radius 1 is 1.50 bits per heavy atom. The van der Waals surface area contributed by atoms with Crippen molar-refractivity contribution >= 4 is 33.3 Å². The second-order valence-corrected chi connectivity index (χ2v) is 4.29. The van der Waals surface area contributed by atoms with E-state index in [2.05, 4.69) is 25.9 Å². The highest BCUT2D eigenvalue weighted by Crippen LogP contribution is 2.25. The van der Waals surface area contributed by atoms with E-state index in [9.17, 15) is 13.2 Å². The highest BCUT2D eigenvalue weighted by atomic mass is 79.9. The number of nitrogens with zero attached hydrogens (tertiary/aromatic N) is 3. The molecule has 0 amide bonds. The van der Waals surface area contributed by atoms with Gasteiger partial charge in [0, 0.05) is 19.8 Å². The molecule has 0 bridgehead atoms. The zero-order valence-electron chi connectivity index (χ0n) is 8.22. The summed E-state index contributed by atoms with van der Waals surface area (Å²) in [6.45, 7) is -0.185. The van der Waals surface area contributed by atoms with Crippen molar-refractivity contribution in [3.8, 4) is 0 Å². The van der Waals surface area contributed by atoms with Gasteiger partial charge in [-0.25, -0.2) is 4.98 Å². The van der Waals surface area contributed by atoms with Gasteiger partial charge in [0.2, 0.25) is 5.28 Å². The number of rotatable bonds is 3. The van der Waals surface area contributed by atoms with Crippen molar-refractivity contribution in [1.82, 2.24) is 9.97 Å². The SMILES string of the molecule is CN(CCC(F)(F)F)c1nc(Cl)ncc1Br. The van der Waals surface area contributed by atoms with Crippen molar-refractivity contribution in [2.75, 3.05) is 18.5 Å². The van der Waals surface area contributed by atoms with Crippen LogP contribution in [-0.4, -0.2) is 29.7 Å². The van der Waals surface area contributed by atoms with Gasteiger partial charge < -0.3 is 4.90 Å². The zero-order chi connectivity index (χ0) is 12.3. The van der Waals surface area contributed by atoms with Crippen molar-refractivity contribution < 1.29 is 13.2 Å². The average molecular weight is 319 g/mol. The summed E-state index contributed by atoms with van der Waals surface area (Å²) < 4.78 is 36.5. The smallest absolute Gasteiger partial charge is 0.358 e. The third-order valence-electron chi connectivity index (χ3n) is 1.79. The Morgan fingerprint density at radius 3 is 2.69 bits per heavy atom. The molecule has 0 fully saturated rings. The van der Waals surface area contributed by atoms with Crippen LogP contribution in [-0.2, 0) is 0 Å². The second kappa shape index (κ2) is 5.18. The summed E-state index contributed by atoms with van der Waals surface area (Å²) in [5.41, 5.74) is 0. The molecule has 3 nitrogen and oxygen atoms in total. The Labute approximate surface area is 104 Å². The topological polar surface area (TPSA) is 29.0 Å². The molecule has 0 aliphatic carbocycles. The molecule has 1 heterocycles. The first-order chi connectivity index (χ1) is 7.29. The predicted molar refractivity (Wildman–Crippen MR) is 58.7 cm³/mol. The minimum atomic E-state index is -4.18. The maximum atomic E-state index is 12.0. The van der Waals surface area contributed by atoms with Gasteiger partial charge in [0.05, 0.1) is 10.9 Å². The highest BCUT2D eigenvalue weighted by molar-refractivity contribution is 9.10. The Morgan fingerprint density at radius 2 is 2.12 bits per heavy atom. The fourth-order valence-electron chi connectivity index (χ4n) is 1.01. The quantitative estimate of drug-likeness (QED) is 0.801. The van der Waals surface area contributed by atoms with Gasteiger partial charge in [0.25, 0.3) is 0 Å². The lowest BCUT2D eigenvalue weighted by molar-refractivity contribution is -0.132. The standard InChI is InChI=1S/C8H8BrClF3N3/c1-16(3-2-8(11,12)13)6-5(9)4-14-7(10)15-6/h4H,2-3H2,1H3. The Balaban J connectivity index is 2.73. The first-order valence-corrected chi connectivity index (χ1v) is 5.42. The van der Waals surface area contributed by atoms with Gasteiger partial charge in [-0.1, -0.05) is 0 Å². The molecule has 0 saturated carbocycles. The van der Waals surface area contributed by atoms with E-state index in [1.54, 1.807) is 0 Å². The number of aromatic nitrogens is 2. The Kier molecular flexibility index (Phi) is 4.37. The minimum Gasteiger partial charge on any atom is -0.358 e. The molecule has 0 spiro atoms. The van der Waals surface area contributed by atoms with E-state index < -0.39 is 12.6 Å². The van der Waals surface area contributed by atoms with Crippen molar-refractivity contribution in [2.45, 2.75) is 12.6 Å². The normalized spacial score (nSPS) is 11.6. The Hall–Kier alpha value is -0.560. The summed E-state index contributed by atoms with van der Waals surface area (Å²) in [5, 5.41) is -0.00272. The largest absolute Gasteiger partial charge is 0.390 e. The summed E-state index contributed by atoms with van der Waals surface area (Å²) >= 11 is 8.70. The van der Waals surface area contributed by atoms with E-state index in [0.29, 0.717) is 10.3 Å². The molecule has 1 aromatic rings.